The van der Waals surface area contributed by atoms with Gasteiger partial charge >= 0.3 is 0 Å². The third kappa shape index (κ3) is 4.18. The first-order valence-electron chi connectivity index (χ1n) is 9.74. The minimum absolute atomic E-state index is 0.0112. The Balaban J connectivity index is 1.53. The predicted octanol–water partition coefficient (Wildman–Crippen LogP) is 4.30. The number of aromatic nitrogens is 1. The molecule has 3 heterocycles. The lowest BCUT2D eigenvalue weighted by molar-refractivity contribution is 0.0931. The fraction of sp³-hybridized carbons (Fsp3) is 0.318. The zero-order chi connectivity index (χ0) is 20.2. The molecule has 1 saturated heterocycles. The van der Waals surface area contributed by atoms with E-state index in [0.29, 0.717) is 22.9 Å². The van der Waals surface area contributed by atoms with E-state index in [2.05, 4.69) is 10.2 Å². The summed E-state index contributed by atoms with van der Waals surface area (Å²) in [7, 11) is 1.55. The van der Waals surface area contributed by atoms with Gasteiger partial charge < -0.3 is 19.0 Å². The molecule has 152 valence electrons. The average Bonchev–Trinajstić information content (AvgIpc) is 3.51. The molecule has 0 saturated carbocycles. The summed E-state index contributed by atoms with van der Waals surface area (Å²) in [5.74, 6) is 1.12. The third-order valence-electron chi connectivity index (χ3n) is 5.31. The van der Waals surface area contributed by atoms with Crippen LogP contribution in [0, 0.1) is 0 Å². The molecule has 0 bridgehead atoms. The Morgan fingerprint density at radius 2 is 2.00 bits per heavy atom. The first kappa shape index (κ1) is 19.6. The van der Waals surface area contributed by atoms with Crippen molar-refractivity contribution in [1.82, 2.24) is 14.8 Å². The monoisotopic (exact) mass is 413 g/mol. The van der Waals surface area contributed by atoms with Gasteiger partial charge in [-0.15, -0.1) is 0 Å². The zero-order valence-corrected chi connectivity index (χ0v) is 17.1. The van der Waals surface area contributed by atoms with Crippen molar-refractivity contribution in [2.45, 2.75) is 18.9 Å². The molecule has 1 N–H and O–H groups in total. The number of rotatable bonds is 7. The summed E-state index contributed by atoms with van der Waals surface area (Å²) in [6.07, 6.45) is 7.78. The van der Waals surface area contributed by atoms with E-state index < -0.39 is 0 Å². The number of furan rings is 1. The number of carbonyl (C=O) groups is 1. The molecular formula is C22H24ClN3O3. The van der Waals surface area contributed by atoms with Crippen LogP contribution in [0.2, 0.25) is 5.02 Å². The second-order valence-corrected chi connectivity index (χ2v) is 7.49. The van der Waals surface area contributed by atoms with Gasteiger partial charge in [0, 0.05) is 25.0 Å². The molecule has 4 rings (SSSR count). The van der Waals surface area contributed by atoms with Gasteiger partial charge in [0.05, 0.1) is 35.7 Å². The molecule has 6 nitrogen and oxygen atoms in total. The molecule has 7 heteroatoms. The quantitative estimate of drug-likeness (QED) is 0.627. The van der Waals surface area contributed by atoms with Gasteiger partial charge in [0.25, 0.3) is 5.91 Å². The zero-order valence-electron chi connectivity index (χ0n) is 16.3. The van der Waals surface area contributed by atoms with Gasteiger partial charge in [-0.3, -0.25) is 9.69 Å². The van der Waals surface area contributed by atoms with Crippen molar-refractivity contribution in [3.05, 3.63) is 71.4 Å². The fourth-order valence-electron chi connectivity index (χ4n) is 3.81. The lowest BCUT2D eigenvalue weighted by Gasteiger charge is -2.26. The van der Waals surface area contributed by atoms with Gasteiger partial charge in [0.15, 0.2) is 0 Å². The van der Waals surface area contributed by atoms with E-state index in [4.69, 9.17) is 20.8 Å². The SMILES string of the molecule is COc1cc(-n2cccc2)c(Cl)cc1C(=O)NCC(c1ccco1)N1CCCC1. The largest absolute Gasteiger partial charge is 0.496 e. The van der Waals surface area contributed by atoms with Crippen LogP contribution in [0.4, 0.5) is 0 Å². The summed E-state index contributed by atoms with van der Waals surface area (Å²) < 4.78 is 13.0. The summed E-state index contributed by atoms with van der Waals surface area (Å²) in [4.78, 5) is 15.3. The van der Waals surface area contributed by atoms with Crippen LogP contribution in [-0.2, 0) is 0 Å². The molecule has 3 aromatic rings. The highest BCUT2D eigenvalue weighted by atomic mass is 35.5. The number of benzene rings is 1. The second kappa shape index (κ2) is 8.76. The number of amides is 1. The summed E-state index contributed by atoms with van der Waals surface area (Å²) >= 11 is 6.46. The van der Waals surface area contributed by atoms with Crippen molar-refractivity contribution in [1.29, 1.82) is 0 Å². The lowest BCUT2D eigenvalue weighted by Crippen LogP contribution is -2.36. The molecule has 1 atom stereocenters. The van der Waals surface area contributed by atoms with Crippen LogP contribution < -0.4 is 10.1 Å². The molecule has 1 aromatic carbocycles. The summed E-state index contributed by atoms with van der Waals surface area (Å²) in [5.41, 5.74) is 1.17. The molecule has 0 radical (unpaired) electrons. The van der Waals surface area contributed by atoms with E-state index in [-0.39, 0.29) is 11.9 Å². The average molecular weight is 414 g/mol. The topological polar surface area (TPSA) is 59.6 Å². The van der Waals surface area contributed by atoms with Crippen molar-refractivity contribution in [2.75, 3.05) is 26.7 Å². The maximum absolute atomic E-state index is 13.0. The highest BCUT2D eigenvalue weighted by molar-refractivity contribution is 6.33. The van der Waals surface area contributed by atoms with Gasteiger partial charge in [0.2, 0.25) is 0 Å². The third-order valence-corrected chi connectivity index (χ3v) is 5.61. The van der Waals surface area contributed by atoms with E-state index in [9.17, 15) is 4.79 Å². The molecular weight excluding hydrogens is 390 g/mol. The van der Waals surface area contributed by atoms with E-state index in [1.165, 1.54) is 0 Å². The molecule has 1 aliphatic heterocycles. The molecule has 1 fully saturated rings. The van der Waals surface area contributed by atoms with Crippen LogP contribution in [0.3, 0.4) is 0 Å². The smallest absolute Gasteiger partial charge is 0.255 e. The predicted molar refractivity (Wildman–Crippen MR) is 112 cm³/mol. The van der Waals surface area contributed by atoms with Crippen molar-refractivity contribution in [3.63, 3.8) is 0 Å². The Morgan fingerprint density at radius 1 is 1.24 bits per heavy atom. The van der Waals surface area contributed by atoms with E-state index >= 15 is 0 Å². The number of methoxy groups -OCH3 is 1. The number of ether oxygens (including phenoxy) is 1. The van der Waals surface area contributed by atoms with Crippen molar-refractivity contribution in [3.8, 4) is 11.4 Å². The molecule has 1 aliphatic rings. The fourth-order valence-corrected chi connectivity index (χ4v) is 4.07. The molecule has 2 aromatic heterocycles. The number of carbonyl (C=O) groups excluding carboxylic acids is 1. The van der Waals surface area contributed by atoms with E-state index in [0.717, 1.165) is 37.4 Å². The van der Waals surface area contributed by atoms with Gasteiger partial charge in [-0.1, -0.05) is 11.6 Å². The highest BCUT2D eigenvalue weighted by Gasteiger charge is 2.26. The molecule has 29 heavy (non-hydrogen) atoms. The summed E-state index contributed by atoms with van der Waals surface area (Å²) in [6, 6.07) is 11.1. The van der Waals surface area contributed by atoms with Crippen molar-refractivity contribution in [2.24, 2.45) is 0 Å². The summed E-state index contributed by atoms with van der Waals surface area (Å²) in [6.45, 7) is 2.45. The van der Waals surface area contributed by atoms with Gasteiger partial charge in [0.1, 0.15) is 11.5 Å². The van der Waals surface area contributed by atoms with Crippen LogP contribution in [-0.4, -0.2) is 42.1 Å². The number of halogens is 1. The molecule has 0 aliphatic carbocycles. The van der Waals surface area contributed by atoms with E-state index in [1.807, 2.05) is 41.2 Å². The molecule has 0 spiro atoms. The Bertz CT molecular complexity index is 948. The standard InChI is InChI=1S/C22H24ClN3O3/c1-28-21-14-18(25-8-2-3-9-25)17(23)13-16(21)22(27)24-15-19(20-7-6-12-29-20)26-10-4-5-11-26/h2-3,6-9,12-14,19H,4-5,10-11,15H2,1H3,(H,24,27). The maximum Gasteiger partial charge on any atom is 0.255 e. The number of hydrogen-bond acceptors (Lipinski definition) is 4. The number of nitrogens with zero attached hydrogens (tertiary/aromatic N) is 2. The van der Waals surface area contributed by atoms with E-state index in [1.54, 1.807) is 25.5 Å². The van der Waals surface area contributed by atoms with Crippen LogP contribution in [0.1, 0.15) is 35.0 Å². The lowest BCUT2D eigenvalue weighted by atomic mass is 10.1. The first-order chi connectivity index (χ1) is 14.2. The minimum Gasteiger partial charge on any atom is -0.496 e. The molecule has 1 amide bonds. The van der Waals surface area contributed by atoms with Gasteiger partial charge in [-0.2, -0.15) is 0 Å². The highest BCUT2D eigenvalue weighted by Crippen LogP contribution is 2.30. The number of hydrogen-bond donors (Lipinski definition) is 1. The Morgan fingerprint density at radius 3 is 2.66 bits per heavy atom. The Kier molecular flexibility index (Phi) is 5.92. The summed E-state index contributed by atoms with van der Waals surface area (Å²) in [5, 5.41) is 3.52. The number of likely N-dealkylation sites (tertiary alicyclic amines) is 1. The normalized spacial score (nSPS) is 15.4. The maximum atomic E-state index is 13.0. The van der Waals surface area contributed by atoms with Crippen molar-refractivity contribution < 1.29 is 13.9 Å². The van der Waals surface area contributed by atoms with Crippen LogP contribution in [0.5, 0.6) is 5.75 Å². The van der Waals surface area contributed by atoms with Crippen LogP contribution in [0.25, 0.3) is 5.69 Å². The second-order valence-electron chi connectivity index (χ2n) is 7.08. The number of nitrogens with one attached hydrogen (secondary N) is 1. The Hall–Kier alpha value is -2.70. The van der Waals surface area contributed by atoms with Gasteiger partial charge in [-0.05, 0) is 56.3 Å². The first-order valence-corrected chi connectivity index (χ1v) is 10.1. The van der Waals surface area contributed by atoms with Crippen molar-refractivity contribution >= 4 is 17.5 Å². The molecule has 1 unspecified atom stereocenters. The van der Waals surface area contributed by atoms with Crippen LogP contribution in [0.15, 0.2) is 59.5 Å². The van der Waals surface area contributed by atoms with Crippen LogP contribution >= 0.6 is 11.6 Å². The minimum atomic E-state index is -0.224. The van der Waals surface area contributed by atoms with Gasteiger partial charge in [-0.25, -0.2) is 0 Å². The Labute approximate surface area is 175 Å².